The molecule has 2 aliphatic rings. The molecule has 1 unspecified atom stereocenters. The maximum atomic E-state index is 13.0. The standard InChI is InChI=1S/C34H31N5O4/c1-34(2,26-10-8-22(9-11-26)24-16-23(18-35-19-24)21-6-4-3-5-7-21)38-33(43)36-27-12-13-28-25(17-27)20-39(32(28)42)29-14-15-30(40)37-31(29)41/h3-13,16-19,29H,14-15,20H2,1-2H3,(H2,36,38,43)(H,37,40,41). The first-order valence-electron chi connectivity index (χ1n) is 14.2. The molecule has 3 heterocycles. The molecule has 216 valence electrons. The van der Waals surface area contributed by atoms with Crippen molar-refractivity contribution in [2.24, 2.45) is 0 Å². The third-order valence-corrected chi connectivity index (χ3v) is 7.99. The number of rotatable bonds is 6. The predicted octanol–water partition coefficient (Wildman–Crippen LogP) is 5.23. The SMILES string of the molecule is CC(C)(NC(=O)Nc1ccc2c(c1)CN(C1CCC(=O)NC1=O)C2=O)c1ccc(-c2cncc(-c3ccccc3)c2)cc1. The first-order chi connectivity index (χ1) is 20.7. The molecule has 2 aliphatic heterocycles. The largest absolute Gasteiger partial charge is 0.329 e. The Hall–Kier alpha value is -5.31. The highest BCUT2D eigenvalue weighted by molar-refractivity contribution is 6.05. The van der Waals surface area contributed by atoms with Gasteiger partial charge in [0.2, 0.25) is 11.8 Å². The summed E-state index contributed by atoms with van der Waals surface area (Å²) < 4.78 is 0. The van der Waals surface area contributed by atoms with Gasteiger partial charge in [-0.15, -0.1) is 0 Å². The smallest absolute Gasteiger partial charge is 0.319 e. The minimum atomic E-state index is -0.687. The molecule has 1 fully saturated rings. The molecule has 4 aromatic rings. The van der Waals surface area contributed by atoms with Gasteiger partial charge in [0.15, 0.2) is 0 Å². The van der Waals surface area contributed by atoms with E-state index in [0.717, 1.165) is 27.8 Å². The lowest BCUT2D eigenvalue weighted by Gasteiger charge is -2.29. The molecule has 1 saturated heterocycles. The summed E-state index contributed by atoms with van der Waals surface area (Å²) in [6.07, 6.45) is 4.18. The Kier molecular flexibility index (Phi) is 7.23. The van der Waals surface area contributed by atoms with Crippen LogP contribution in [0.5, 0.6) is 0 Å². The fraction of sp³-hybridized carbons (Fsp3) is 0.206. The number of fused-ring (bicyclic) bond motifs is 1. The van der Waals surface area contributed by atoms with E-state index >= 15 is 0 Å². The number of imide groups is 1. The van der Waals surface area contributed by atoms with Gasteiger partial charge in [-0.05, 0) is 66.8 Å². The van der Waals surface area contributed by atoms with Crippen molar-refractivity contribution in [1.29, 1.82) is 0 Å². The van der Waals surface area contributed by atoms with Crippen LogP contribution < -0.4 is 16.0 Å². The van der Waals surface area contributed by atoms with Crippen LogP contribution in [0.25, 0.3) is 22.3 Å². The average Bonchev–Trinajstić information content (AvgIpc) is 3.32. The van der Waals surface area contributed by atoms with E-state index in [-0.39, 0.29) is 30.8 Å². The van der Waals surface area contributed by atoms with Crippen LogP contribution in [0.1, 0.15) is 48.2 Å². The van der Waals surface area contributed by atoms with E-state index in [9.17, 15) is 19.2 Å². The number of carbonyl (C=O) groups is 4. The molecular weight excluding hydrogens is 542 g/mol. The summed E-state index contributed by atoms with van der Waals surface area (Å²) in [6, 6.07) is 24.3. The van der Waals surface area contributed by atoms with Crippen LogP contribution in [0.3, 0.4) is 0 Å². The van der Waals surface area contributed by atoms with Gasteiger partial charge < -0.3 is 15.5 Å². The van der Waals surface area contributed by atoms with E-state index in [2.05, 4.69) is 39.1 Å². The molecule has 9 nitrogen and oxygen atoms in total. The molecule has 0 radical (unpaired) electrons. The van der Waals surface area contributed by atoms with Gasteiger partial charge in [-0.25, -0.2) is 4.79 Å². The van der Waals surface area contributed by atoms with Crippen molar-refractivity contribution in [1.82, 2.24) is 20.5 Å². The van der Waals surface area contributed by atoms with Crippen molar-refractivity contribution in [2.75, 3.05) is 5.32 Å². The second-order valence-corrected chi connectivity index (χ2v) is 11.4. The van der Waals surface area contributed by atoms with Gasteiger partial charge in [0, 0.05) is 47.7 Å². The second kappa shape index (κ2) is 11.2. The molecule has 0 spiro atoms. The van der Waals surface area contributed by atoms with Crippen LogP contribution >= 0.6 is 0 Å². The number of nitrogens with zero attached hydrogens (tertiary/aromatic N) is 2. The number of amides is 5. The second-order valence-electron chi connectivity index (χ2n) is 11.4. The summed E-state index contributed by atoms with van der Waals surface area (Å²) in [7, 11) is 0. The maximum absolute atomic E-state index is 13.0. The van der Waals surface area contributed by atoms with Crippen LogP contribution in [-0.4, -0.2) is 39.7 Å². The molecule has 0 aliphatic carbocycles. The highest BCUT2D eigenvalue weighted by Gasteiger charge is 2.39. The Bertz CT molecular complexity index is 1730. The fourth-order valence-corrected chi connectivity index (χ4v) is 5.64. The number of hydrogen-bond acceptors (Lipinski definition) is 5. The average molecular weight is 574 g/mol. The molecular formula is C34H31N5O4. The maximum Gasteiger partial charge on any atom is 0.319 e. The van der Waals surface area contributed by atoms with Crippen molar-refractivity contribution in [3.05, 3.63) is 108 Å². The van der Waals surface area contributed by atoms with E-state index in [0.29, 0.717) is 23.2 Å². The Morgan fingerprint density at radius 3 is 2.28 bits per heavy atom. The number of urea groups is 1. The van der Waals surface area contributed by atoms with E-state index < -0.39 is 17.5 Å². The third-order valence-electron chi connectivity index (χ3n) is 7.99. The monoisotopic (exact) mass is 573 g/mol. The van der Waals surface area contributed by atoms with Crippen LogP contribution in [0, 0.1) is 0 Å². The van der Waals surface area contributed by atoms with E-state index in [1.807, 2.05) is 68.7 Å². The highest BCUT2D eigenvalue weighted by atomic mass is 16.2. The van der Waals surface area contributed by atoms with Gasteiger partial charge in [-0.1, -0.05) is 54.6 Å². The molecule has 5 amide bonds. The number of carbonyl (C=O) groups excluding carboxylic acids is 4. The predicted molar refractivity (Wildman–Crippen MR) is 163 cm³/mol. The zero-order valence-electron chi connectivity index (χ0n) is 23.9. The number of piperidine rings is 1. The first-order valence-corrected chi connectivity index (χ1v) is 14.2. The number of hydrogen-bond donors (Lipinski definition) is 3. The quantitative estimate of drug-likeness (QED) is 0.273. The lowest BCUT2D eigenvalue weighted by atomic mass is 9.92. The van der Waals surface area contributed by atoms with E-state index in [4.69, 9.17) is 0 Å². The van der Waals surface area contributed by atoms with Crippen molar-refractivity contribution >= 4 is 29.4 Å². The zero-order chi connectivity index (χ0) is 30.1. The van der Waals surface area contributed by atoms with Crippen molar-refractivity contribution in [2.45, 2.75) is 44.8 Å². The summed E-state index contributed by atoms with van der Waals surface area (Å²) in [6.45, 7) is 4.09. The Morgan fingerprint density at radius 2 is 1.58 bits per heavy atom. The third kappa shape index (κ3) is 5.74. The Balaban J connectivity index is 1.10. The normalized spacial score (nSPS) is 16.5. The molecule has 0 saturated carbocycles. The molecule has 6 rings (SSSR count). The fourth-order valence-electron chi connectivity index (χ4n) is 5.64. The molecule has 3 N–H and O–H groups in total. The number of aromatic nitrogens is 1. The highest BCUT2D eigenvalue weighted by Crippen LogP contribution is 2.31. The van der Waals surface area contributed by atoms with Crippen LogP contribution in [-0.2, 0) is 21.7 Å². The summed E-state index contributed by atoms with van der Waals surface area (Å²) in [5.41, 5.74) is 6.16. The minimum absolute atomic E-state index is 0.195. The zero-order valence-corrected chi connectivity index (χ0v) is 23.9. The molecule has 43 heavy (non-hydrogen) atoms. The topological polar surface area (TPSA) is 120 Å². The van der Waals surface area contributed by atoms with Crippen LogP contribution in [0.2, 0.25) is 0 Å². The van der Waals surface area contributed by atoms with Crippen molar-refractivity contribution in [3.8, 4) is 22.3 Å². The molecule has 3 aromatic carbocycles. The van der Waals surface area contributed by atoms with Gasteiger partial charge in [0.05, 0.1) is 5.54 Å². The first kappa shape index (κ1) is 27.8. The van der Waals surface area contributed by atoms with E-state index in [1.54, 1.807) is 18.2 Å². The van der Waals surface area contributed by atoms with Gasteiger partial charge in [0.1, 0.15) is 6.04 Å². The Labute approximate surface area is 249 Å². The van der Waals surface area contributed by atoms with Crippen molar-refractivity contribution < 1.29 is 19.2 Å². The Morgan fingerprint density at radius 1 is 0.884 bits per heavy atom. The summed E-state index contributed by atoms with van der Waals surface area (Å²) in [4.78, 5) is 55.7. The van der Waals surface area contributed by atoms with Gasteiger partial charge in [-0.2, -0.15) is 0 Å². The van der Waals surface area contributed by atoms with Gasteiger partial charge >= 0.3 is 6.03 Å². The van der Waals surface area contributed by atoms with Crippen molar-refractivity contribution in [3.63, 3.8) is 0 Å². The lowest BCUT2D eigenvalue weighted by molar-refractivity contribution is -0.136. The van der Waals surface area contributed by atoms with Gasteiger partial charge in [0.25, 0.3) is 5.91 Å². The van der Waals surface area contributed by atoms with E-state index in [1.165, 1.54) is 4.90 Å². The summed E-state index contributed by atoms with van der Waals surface area (Å²) in [5, 5.41) is 8.21. The lowest BCUT2D eigenvalue weighted by Crippen LogP contribution is -2.52. The van der Waals surface area contributed by atoms with Crippen LogP contribution in [0.4, 0.5) is 10.5 Å². The molecule has 1 aromatic heterocycles. The minimum Gasteiger partial charge on any atom is -0.329 e. The number of pyridine rings is 1. The summed E-state index contributed by atoms with van der Waals surface area (Å²) >= 11 is 0. The number of anilines is 1. The van der Waals surface area contributed by atoms with Crippen LogP contribution in [0.15, 0.2) is 91.3 Å². The molecule has 9 heteroatoms. The van der Waals surface area contributed by atoms with Gasteiger partial charge in [-0.3, -0.25) is 24.7 Å². The number of benzene rings is 3. The number of nitrogens with one attached hydrogen (secondary N) is 3. The molecule has 1 atom stereocenters. The molecule has 0 bridgehead atoms. The summed E-state index contributed by atoms with van der Waals surface area (Å²) in [5.74, 6) is -1.04.